The number of aromatic nitrogens is 2. The largest absolute Gasteiger partial charge is 0.481 e. The van der Waals surface area contributed by atoms with E-state index < -0.39 is 0 Å². The van der Waals surface area contributed by atoms with Crippen LogP contribution in [0.3, 0.4) is 0 Å². The van der Waals surface area contributed by atoms with Gasteiger partial charge in [-0.2, -0.15) is 9.97 Å². The van der Waals surface area contributed by atoms with E-state index in [1.807, 2.05) is 6.92 Å². The van der Waals surface area contributed by atoms with E-state index in [9.17, 15) is 4.79 Å². The lowest BCUT2D eigenvalue weighted by molar-refractivity contribution is -0.138. The van der Waals surface area contributed by atoms with Crippen LogP contribution in [-0.2, 0) is 9.53 Å². The maximum atomic E-state index is 11.3. The zero-order chi connectivity index (χ0) is 13.5. The van der Waals surface area contributed by atoms with Crippen LogP contribution in [0.5, 0.6) is 5.88 Å². The fourth-order valence-corrected chi connectivity index (χ4v) is 1.46. The molecule has 0 atom stereocenters. The first kappa shape index (κ1) is 14.0. The average Bonchev–Trinajstić information content (AvgIpc) is 2.37. The van der Waals surface area contributed by atoms with Gasteiger partial charge in [0.25, 0.3) is 0 Å². The zero-order valence-electron chi connectivity index (χ0n) is 10.8. The summed E-state index contributed by atoms with van der Waals surface area (Å²) in [4.78, 5) is 21.1. The summed E-state index contributed by atoms with van der Waals surface area (Å²) in [7, 11) is 2.84. The van der Waals surface area contributed by atoms with Gasteiger partial charge in [0, 0.05) is 12.6 Å². The Morgan fingerprint density at radius 1 is 1.44 bits per heavy atom. The Kier molecular flexibility index (Phi) is 5.16. The Balaban J connectivity index is 2.96. The normalized spacial score (nSPS) is 9.94. The van der Waals surface area contributed by atoms with E-state index >= 15 is 0 Å². The van der Waals surface area contributed by atoms with E-state index in [2.05, 4.69) is 14.7 Å². The van der Waals surface area contributed by atoms with E-state index in [-0.39, 0.29) is 18.5 Å². The fourth-order valence-electron chi connectivity index (χ4n) is 1.46. The molecule has 0 aliphatic rings. The molecule has 0 aromatic carbocycles. The summed E-state index contributed by atoms with van der Waals surface area (Å²) < 4.78 is 9.67. The summed E-state index contributed by atoms with van der Waals surface area (Å²) in [5.41, 5.74) is 5.59. The molecule has 7 heteroatoms. The van der Waals surface area contributed by atoms with Crippen molar-refractivity contribution in [2.75, 3.05) is 37.9 Å². The van der Waals surface area contributed by atoms with E-state index in [4.69, 9.17) is 10.5 Å². The van der Waals surface area contributed by atoms with Gasteiger partial charge in [0.15, 0.2) is 0 Å². The van der Waals surface area contributed by atoms with Gasteiger partial charge >= 0.3 is 5.97 Å². The van der Waals surface area contributed by atoms with Gasteiger partial charge in [-0.15, -0.1) is 0 Å². The van der Waals surface area contributed by atoms with Crippen molar-refractivity contribution in [1.82, 2.24) is 9.97 Å². The first-order valence-corrected chi connectivity index (χ1v) is 5.61. The number of esters is 1. The lowest BCUT2D eigenvalue weighted by Crippen LogP contribution is -2.32. The van der Waals surface area contributed by atoms with Gasteiger partial charge in [-0.3, -0.25) is 4.79 Å². The van der Waals surface area contributed by atoms with Gasteiger partial charge in [-0.05, 0) is 6.42 Å². The number of nitrogen functional groups attached to an aromatic ring is 1. The standard InChI is InChI=1S/C11H18N4O3/c1-4-5-15(7-10(16)18-3)8-6-9(17-2)14-11(12)13-8/h6H,4-5,7H2,1-3H3,(H2,12,13,14). The first-order valence-electron chi connectivity index (χ1n) is 5.61. The van der Waals surface area contributed by atoms with Crippen LogP contribution < -0.4 is 15.4 Å². The third kappa shape index (κ3) is 3.76. The topological polar surface area (TPSA) is 90.6 Å². The van der Waals surface area contributed by atoms with Crippen molar-refractivity contribution in [3.8, 4) is 5.88 Å². The molecule has 0 spiro atoms. The Morgan fingerprint density at radius 3 is 2.72 bits per heavy atom. The highest BCUT2D eigenvalue weighted by atomic mass is 16.5. The van der Waals surface area contributed by atoms with Crippen molar-refractivity contribution in [1.29, 1.82) is 0 Å². The molecule has 1 heterocycles. The third-order valence-electron chi connectivity index (χ3n) is 2.28. The molecule has 1 rings (SSSR count). The van der Waals surface area contributed by atoms with Gasteiger partial charge in [0.1, 0.15) is 12.4 Å². The summed E-state index contributed by atoms with van der Waals surface area (Å²) in [6.07, 6.45) is 0.864. The molecule has 0 saturated heterocycles. The molecule has 0 aliphatic carbocycles. The summed E-state index contributed by atoms with van der Waals surface area (Å²) in [6.45, 7) is 2.78. The molecule has 0 saturated carbocycles. The first-order chi connectivity index (χ1) is 8.60. The Morgan fingerprint density at radius 2 is 2.17 bits per heavy atom. The van der Waals surface area contributed by atoms with Crippen molar-refractivity contribution in [2.24, 2.45) is 0 Å². The quantitative estimate of drug-likeness (QED) is 0.737. The SMILES string of the molecule is CCCN(CC(=O)OC)c1cc(OC)nc(N)n1. The Bertz CT molecular complexity index is 411. The minimum Gasteiger partial charge on any atom is -0.481 e. The predicted octanol–water partition coefficient (Wildman–Crippen LogP) is 0.457. The van der Waals surface area contributed by atoms with Crippen LogP contribution in [0.2, 0.25) is 0 Å². The Labute approximate surface area is 106 Å². The highest BCUT2D eigenvalue weighted by molar-refractivity contribution is 5.75. The van der Waals surface area contributed by atoms with Crippen LogP contribution in [-0.4, -0.2) is 43.2 Å². The van der Waals surface area contributed by atoms with Crippen LogP contribution in [0.25, 0.3) is 0 Å². The Hall–Kier alpha value is -2.05. The number of methoxy groups -OCH3 is 2. The van der Waals surface area contributed by atoms with Crippen LogP contribution in [0.15, 0.2) is 6.07 Å². The molecule has 2 N–H and O–H groups in total. The number of nitrogens with two attached hydrogens (primary N) is 1. The number of carbonyl (C=O) groups is 1. The van der Waals surface area contributed by atoms with Crippen molar-refractivity contribution >= 4 is 17.7 Å². The monoisotopic (exact) mass is 254 g/mol. The third-order valence-corrected chi connectivity index (χ3v) is 2.28. The second kappa shape index (κ2) is 6.63. The van der Waals surface area contributed by atoms with E-state index in [1.54, 1.807) is 11.0 Å². The number of carbonyl (C=O) groups excluding carboxylic acids is 1. The van der Waals surface area contributed by atoms with Crippen LogP contribution >= 0.6 is 0 Å². The highest BCUT2D eigenvalue weighted by Crippen LogP contribution is 2.18. The molecule has 0 unspecified atom stereocenters. The lowest BCUT2D eigenvalue weighted by atomic mass is 10.3. The predicted molar refractivity (Wildman–Crippen MR) is 67.5 cm³/mol. The number of nitrogens with zero attached hydrogens (tertiary/aromatic N) is 3. The van der Waals surface area contributed by atoms with Gasteiger partial charge in [-0.1, -0.05) is 6.92 Å². The van der Waals surface area contributed by atoms with E-state index in [0.717, 1.165) is 6.42 Å². The summed E-state index contributed by atoms with van der Waals surface area (Å²) in [6, 6.07) is 1.63. The van der Waals surface area contributed by atoms with Crippen molar-refractivity contribution in [3.05, 3.63) is 6.07 Å². The lowest BCUT2D eigenvalue weighted by Gasteiger charge is -2.22. The molecule has 7 nitrogen and oxygen atoms in total. The molecular weight excluding hydrogens is 236 g/mol. The summed E-state index contributed by atoms with van der Waals surface area (Å²) in [5, 5.41) is 0. The molecule has 18 heavy (non-hydrogen) atoms. The zero-order valence-corrected chi connectivity index (χ0v) is 10.8. The molecule has 0 fully saturated rings. The van der Waals surface area contributed by atoms with E-state index in [1.165, 1.54) is 14.2 Å². The van der Waals surface area contributed by atoms with E-state index in [0.29, 0.717) is 18.2 Å². The molecule has 0 bridgehead atoms. The molecular formula is C11H18N4O3. The van der Waals surface area contributed by atoms with Crippen molar-refractivity contribution in [3.63, 3.8) is 0 Å². The molecule has 0 aliphatic heterocycles. The van der Waals surface area contributed by atoms with Gasteiger partial charge in [0.05, 0.1) is 14.2 Å². The van der Waals surface area contributed by atoms with Crippen molar-refractivity contribution in [2.45, 2.75) is 13.3 Å². The molecule has 1 aromatic heterocycles. The molecule has 0 amide bonds. The smallest absolute Gasteiger partial charge is 0.325 e. The van der Waals surface area contributed by atoms with Crippen LogP contribution in [0.1, 0.15) is 13.3 Å². The minimum atomic E-state index is -0.334. The van der Waals surface area contributed by atoms with Crippen LogP contribution in [0, 0.1) is 0 Å². The number of anilines is 2. The minimum absolute atomic E-state index is 0.107. The maximum Gasteiger partial charge on any atom is 0.325 e. The average molecular weight is 254 g/mol. The van der Waals surface area contributed by atoms with Crippen molar-refractivity contribution < 1.29 is 14.3 Å². The summed E-state index contributed by atoms with van der Waals surface area (Å²) in [5.74, 6) is 0.685. The number of ether oxygens (including phenoxy) is 2. The highest BCUT2D eigenvalue weighted by Gasteiger charge is 2.14. The van der Waals surface area contributed by atoms with Gasteiger partial charge in [-0.25, -0.2) is 0 Å². The maximum absolute atomic E-state index is 11.3. The number of hydrogen-bond acceptors (Lipinski definition) is 7. The summed E-state index contributed by atoms with van der Waals surface area (Å²) >= 11 is 0. The number of hydrogen-bond donors (Lipinski definition) is 1. The van der Waals surface area contributed by atoms with Crippen LogP contribution in [0.4, 0.5) is 11.8 Å². The molecule has 0 radical (unpaired) electrons. The number of rotatable bonds is 6. The van der Waals surface area contributed by atoms with Gasteiger partial charge in [0.2, 0.25) is 11.8 Å². The van der Waals surface area contributed by atoms with Gasteiger partial charge < -0.3 is 20.1 Å². The fraction of sp³-hybridized carbons (Fsp3) is 0.545. The second-order valence-corrected chi connectivity index (χ2v) is 3.62. The molecule has 1 aromatic rings. The molecule has 100 valence electrons. The second-order valence-electron chi connectivity index (χ2n) is 3.62.